The van der Waals surface area contributed by atoms with Gasteiger partial charge in [0.1, 0.15) is 0 Å². The molecule has 4 heteroatoms. The van der Waals surface area contributed by atoms with Gasteiger partial charge in [-0.15, -0.1) is 0 Å². The Balaban J connectivity index is 2.44. The van der Waals surface area contributed by atoms with Crippen LogP contribution in [0.3, 0.4) is 0 Å². The van der Waals surface area contributed by atoms with E-state index in [1.165, 1.54) is 0 Å². The molecule has 19 heavy (non-hydrogen) atoms. The highest BCUT2D eigenvalue weighted by molar-refractivity contribution is 5.86. The Morgan fingerprint density at radius 3 is 2.47 bits per heavy atom. The second-order valence-corrected chi connectivity index (χ2v) is 4.47. The lowest BCUT2D eigenvalue weighted by molar-refractivity contribution is 0.202. The summed E-state index contributed by atoms with van der Waals surface area (Å²) in [5, 5.41) is 0. The number of nitrogen functional groups attached to an aromatic ring is 3. The molecule has 0 saturated carbocycles. The van der Waals surface area contributed by atoms with E-state index in [-0.39, 0.29) is 0 Å². The number of para-hydroxylation sites is 1. The molecule has 0 saturated heterocycles. The van der Waals surface area contributed by atoms with Crippen LogP contribution in [0, 0.1) is 0 Å². The van der Waals surface area contributed by atoms with Gasteiger partial charge in [0.25, 0.3) is 0 Å². The molecule has 0 aliphatic carbocycles. The molecule has 0 unspecified atom stereocenters. The topological polar surface area (TPSA) is 87.3 Å². The molecule has 2 aromatic rings. The zero-order valence-corrected chi connectivity index (χ0v) is 11.0. The number of hydrogen-bond acceptors (Lipinski definition) is 4. The summed E-state index contributed by atoms with van der Waals surface area (Å²) in [6, 6.07) is 11.4. The van der Waals surface area contributed by atoms with Gasteiger partial charge in [0, 0.05) is 35.3 Å². The van der Waals surface area contributed by atoms with Crippen LogP contribution >= 0.6 is 0 Å². The van der Waals surface area contributed by atoms with E-state index in [2.05, 4.69) is 0 Å². The molecular weight excluding hydrogens is 238 g/mol. The number of ether oxygens (including phenoxy) is 1. The monoisotopic (exact) mass is 257 g/mol. The second-order valence-electron chi connectivity index (χ2n) is 4.47. The van der Waals surface area contributed by atoms with Crippen LogP contribution < -0.4 is 17.2 Å². The molecule has 0 bridgehead atoms. The lowest BCUT2D eigenvalue weighted by Crippen LogP contribution is -2.02. The fraction of sp³-hybridized carbons (Fsp3) is 0.200. The van der Waals surface area contributed by atoms with Crippen LogP contribution in [-0.2, 0) is 11.2 Å². The molecule has 0 heterocycles. The quantitative estimate of drug-likeness (QED) is 0.733. The van der Waals surface area contributed by atoms with Gasteiger partial charge >= 0.3 is 0 Å². The van der Waals surface area contributed by atoms with Gasteiger partial charge in [-0.1, -0.05) is 24.3 Å². The number of rotatable bonds is 4. The Morgan fingerprint density at radius 2 is 1.79 bits per heavy atom. The number of nitrogens with two attached hydrogens (primary N) is 3. The summed E-state index contributed by atoms with van der Waals surface area (Å²) in [5.74, 6) is 0. The van der Waals surface area contributed by atoms with Crippen molar-refractivity contribution in [1.82, 2.24) is 0 Å². The number of methoxy groups -OCH3 is 1. The third kappa shape index (κ3) is 2.80. The molecule has 0 aliphatic heterocycles. The van der Waals surface area contributed by atoms with E-state index >= 15 is 0 Å². The minimum absolute atomic E-state index is 0.635. The van der Waals surface area contributed by atoms with Crippen LogP contribution in [0.5, 0.6) is 0 Å². The third-order valence-electron chi connectivity index (χ3n) is 3.14. The van der Waals surface area contributed by atoms with Crippen molar-refractivity contribution in [2.75, 3.05) is 30.9 Å². The van der Waals surface area contributed by atoms with Crippen LogP contribution in [0.15, 0.2) is 36.4 Å². The highest BCUT2D eigenvalue weighted by Gasteiger charge is 2.09. The van der Waals surface area contributed by atoms with E-state index in [0.717, 1.165) is 28.8 Å². The Labute approximate surface area is 113 Å². The average molecular weight is 257 g/mol. The summed E-state index contributed by atoms with van der Waals surface area (Å²) in [7, 11) is 1.68. The molecule has 0 fully saturated rings. The van der Waals surface area contributed by atoms with Crippen molar-refractivity contribution < 1.29 is 4.74 Å². The molecule has 0 amide bonds. The van der Waals surface area contributed by atoms with Gasteiger partial charge in [-0.05, 0) is 24.1 Å². The molecule has 0 atom stereocenters. The fourth-order valence-electron chi connectivity index (χ4n) is 2.10. The van der Waals surface area contributed by atoms with Gasteiger partial charge < -0.3 is 21.9 Å². The molecular formula is C15H19N3O. The smallest absolute Gasteiger partial charge is 0.0503 e. The molecule has 4 nitrogen and oxygen atoms in total. The first-order chi connectivity index (χ1) is 9.13. The molecule has 2 aromatic carbocycles. The first-order valence-corrected chi connectivity index (χ1v) is 6.15. The highest BCUT2D eigenvalue weighted by atomic mass is 16.5. The number of hydrogen-bond donors (Lipinski definition) is 3. The van der Waals surface area contributed by atoms with Crippen molar-refractivity contribution in [2.24, 2.45) is 0 Å². The normalized spacial score (nSPS) is 10.6. The zero-order valence-electron chi connectivity index (χ0n) is 11.0. The summed E-state index contributed by atoms with van der Waals surface area (Å²) >= 11 is 0. The molecule has 0 spiro atoms. The van der Waals surface area contributed by atoms with Crippen LogP contribution in [0.25, 0.3) is 11.1 Å². The molecule has 0 radical (unpaired) electrons. The Bertz CT molecular complexity index is 582. The van der Waals surface area contributed by atoms with Crippen LogP contribution in [0.2, 0.25) is 0 Å². The predicted molar refractivity (Wildman–Crippen MR) is 80.7 cm³/mol. The van der Waals surface area contributed by atoms with E-state index in [4.69, 9.17) is 21.9 Å². The van der Waals surface area contributed by atoms with Crippen molar-refractivity contribution in [1.29, 1.82) is 0 Å². The summed E-state index contributed by atoms with van der Waals surface area (Å²) < 4.78 is 5.09. The highest BCUT2D eigenvalue weighted by Crippen LogP contribution is 2.33. The fourth-order valence-corrected chi connectivity index (χ4v) is 2.10. The van der Waals surface area contributed by atoms with Gasteiger partial charge in [0.15, 0.2) is 0 Å². The van der Waals surface area contributed by atoms with Crippen molar-refractivity contribution >= 4 is 17.1 Å². The maximum atomic E-state index is 6.22. The molecule has 2 rings (SSSR count). The maximum absolute atomic E-state index is 6.22. The van der Waals surface area contributed by atoms with E-state index in [0.29, 0.717) is 18.0 Å². The van der Waals surface area contributed by atoms with Gasteiger partial charge in [0.05, 0.1) is 6.61 Å². The summed E-state index contributed by atoms with van der Waals surface area (Å²) in [4.78, 5) is 0. The third-order valence-corrected chi connectivity index (χ3v) is 3.14. The van der Waals surface area contributed by atoms with Crippen molar-refractivity contribution in [2.45, 2.75) is 6.42 Å². The van der Waals surface area contributed by atoms with Gasteiger partial charge in [-0.3, -0.25) is 0 Å². The molecule has 0 aromatic heterocycles. The van der Waals surface area contributed by atoms with Crippen molar-refractivity contribution in [3.05, 3.63) is 42.0 Å². The summed E-state index contributed by atoms with van der Waals surface area (Å²) in [6.45, 7) is 0.644. The summed E-state index contributed by atoms with van der Waals surface area (Å²) in [5.41, 5.74) is 22.9. The Kier molecular flexibility index (Phi) is 3.92. The minimum atomic E-state index is 0.635. The Hall–Kier alpha value is -2.20. The van der Waals surface area contributed by atoms with E-state index in [1.54, 1.807) is 13.2 Å². The van der Waals surface area contributed by atoms with Gasteiger partial charge in [-0.25, -0.2) is 0 Å². The predicted octanol–water partition coefficient (Wildman–Crippen LogP) is 2.29. The van der Waals surface area contributed by atoms with E-state index in [1.807, 2.05) is 30.3 Å². The lowest BCUT2D eigenvalue weighted by Gasteiger charge is -2.13. The second kappa shape index (κ2) is 5.63. The average Bonchev–Trinajstić information content (AvgIpc) is 2.38. The molecule has 0 aliphatic rings. The SMILES string of the molecule is COCCc1cccc(-c2ccc(N)cc2N)c1N. The maximum Gasteiger partial charge on any atom is 0.0503 e. The van der Waals surface area contributed by atoms with E-state index in [9.17, 15) is 0 Å². The first kappa shape index (κ1) is 13.2. The number of anilines is 3. The minimum Gasteiger partial charge on any atom is -0.399 e. The Morgan fingerprint density at radius 1 is 1.00 bits per heavy atom. The van der Waals surface area contributed by atoms with Gasteiger partial charge in [0.2, 0.25) is 0 Å². The van der Waals surface area contributed by atoms with Crippen LogP contribution in [-0.4, -0.2) is 13.7 Å². The molecule has 6 N–H and O–H groups in total. The largest absolute Gasteiger partial charge is 0.399 e. The van der Waals surface area contributed by atoms with Gasteiger partial charge in [-0.2, -0.15) is 0 Å². The van der Waals surface area contributed by atoms with Crippen LogP contribution in [0.1, 0.15) is 5.56 Å². The van der Waals surface area contributed by atoms with Crippen molar-refractivity contribution in [3.63, 3.8) is 0 Å². The van der Waals surface area contributed by atoms with Crippen molar-refractivity contribution in [3.8, 4) is 11.1 Å². The summed E-state index contributed by atoms with van der Waals surface area (Å²) in [6.07, 6.45) is 0.783. The zero-order chi connectivity index (χ0) is 13.8. The number of benzene rings is 2. The lowest BCUT2D eigenvalue weighted by atomic mass is 9.97. The standard InChI is InChI=1S/C15H19N3O/c1-19-8-7-10-3-2-4-13(15(10)18)12-6-5-11(16)9-14(12)17/h2-6,9H,7-8,16-18H2,1H3. The van der Waals surface area contributed by atoms with Crippen LogP contribution in [0.4, 0.5) is 17.1 Å². The van der Waals surface area contributed by atoms with E-state index < -0.39 is 0 Å². The first-order valence-electron chi connectivity index (χ1n) is 6.15. The molecule has 100 valence electrons.